The highest BCUT2D eigenvalue weighted by Gasteiger charge is 2.25. The number of nitrogen functional groups attached to an aromatic ring is 1. The summed E-state index contributed by atoms with van der Waals surface area (Å²) < 4.78 is 5.11. The molecule has 0 fully saturated rings. The molecule has 0 saturated carbocycles. The lowest BCUT2D eigenvalue weighted by Gasteiger charge is -2.32. The van der Waals surface area contributed by atoms with Gasteiger partial charge in [-0.3, -0.25) is 4.79 Å². The molecule has 1 heterocycles. The minimum Gasteiger partial charge on any atom is -0.497 e. The molecule has 0 unspecified atom stereocenters. The van der Waals surface area contributed by atoms with Gasteiger partial charge in [0.25, 0.3) is 5.91 Å². The van der Waals surface area contributed by atoms with Crippen molar-refractivity contribution in [3.05, 3.63) is 35.4 Å². The zero-order chi connectivity index (χ0) is 15.6. The molecule has 2 N–H and O–H groups in total. The van der Waals surface area contributed by atoms with E-state index in [1.165, 1.54) is 5.57 Å². The molecule has 4 nitrogen and oxygen atoms in total. The Hall–Kier alpha value is -1.97. The number of carbonyl (C=O) groups is 1. The second kappa shape index (κ2) is 5.80. The molecule has 1 aromatic rings. The number of nitrogens with zero attached hydrogens (tertiary/aromatic N) is 1. The number of ether oxygens (including phenoxy) is 1. The summed E-state index contributed by atoms with van der Waals surface area (Å²) in [7, 11) is 1.58. The van der Waals surface area contributed by atoms with E-state index < -0.39 is 0 Å². The van der Waals surface area contributed by atoms with Gasteiger partial charge in [-0.15, -0.1) is 0 Å². The van der Waals surface area contributed by atoms with E-state index in [4.69, 9.17) is 10.5 Å². The van der Waals surface area contributed by atoms with E-state index in [2.05, 4.69) is 26.8 Å². The smallest absolute Gasteiger partial charge is 0.256 e. The number of anilines is 1. The lowest BCUT2D eigenvalue weighted by molar-refractivity contribution is 0.0766. The van der Waals surface area contributed by atoms with Crippen molar-refractivity contribution in [1.29, 1.82) is 0 Å². The van der Waals surface area contributed by atoms with Crippen LogP contribution in [-0.2, 0) is 0 Å². The second-order valence-corrected chi connectivity index (χ2v) is 6.43. The van der Waals surface area contributed by atoms with Crippen LogP contribution in [0.15, 0.2) is 29.8 Å². The maximum atomic E-state index is 12.6. The first-order valence-electron chi connectivity index (χ1n) is 7.25. The van der Waals surface area contributed by atoms with Crippen LogP contribution in [0.1, 0.15) is 37.6 Å². The fourth-order valence-corrected chi connectivity index (χ4v) is 2.57. The molecule has 0 bridgehead atoms. The van der Waals surface area contributed by atoms with E-state index in [1.54, 1.807) is 25.3 Å². The Kier molecular flexibility index (Phi) is 4.26. The molecule has 1 aliphatic heterocycles. The highest BCUT2D eigenvalue weighted by Crippen LogP contribution is 2.31. The van der Waals surface area contributed by atoms with Gasteiger partial charge in [-0.2, -0.15) is 0 Å². The quantitative estimate of drug-likeness (QED) is 0.672. The standard InChI is InChI=1S/C17H24N2O2/c1-17(2,3)12-7-9-19(10-8-12)16(20)14-6-5-13(21-4)11-15(14)18/h5-7,11H,8-10,18H2,1-4H3. The van der Waals surface area contributed by atoms with Crippen molar-refractivity contribution in [2.24, 2.45) is 5.41 Å². The highest BCUT2D eigenvalue weighted by molar-refractivity contribution is 5.99. The summed E-state index contributed by atoms with van der Waals surface area (Å²) in [6, 6.07) is 5.19. The molecule has 0 atom stereocenters. The average molecular weight is 288 g/mol. The summed E-state index contributed by atoms with van der Waals surface area (Å²) >= 11 is 0. The van der Waals surface area contributed by atoms with Crippen LogP contribution in [0.3, 0.4) is 0 Å². The van der Waals surface area contributed by atoms with Gasteiger partial charge in [0.05, 0.1) is 12.7 Å². The maximum absolute atomic E-state index is 12.6. The number of hydrogen-bond acceptors (Lipinski definition) is 3. The molecular formula is C17H24N2O2. The molecule has 2 rings (SSSR count). The van der Waals surface area contributed by atoms with Crippen LogP contribution >= 0.6 is 0 Å². The lowest BCUT2D eigenvalue weighted by atomic mass is 9.83. The molecule has 0 saturated heterocycles. The first-order chi connectivity index (χ1) is 9.82. The minimum absolute atomic E-state index is 0.0145. The van der Waals surface area contributed by atoms with Crippen LogP contribution in [0.4, 0.5) is 5.69 Å². The largest absolute Gasteiger partial charge is 0.497 e. The van der Waals surface area contributed by atoms with Crippen LogP contribution < -0.4 is 10.5 Å². The first-order valence-corrected chi connectivity index (χ1v) is 7.25. The van der Waals surface area contributed by atoms with Gasteiger partial charge in [0.15, 0.2) is 0 Å². The Morgan fingerprint density at radius 3 is 2.52 bits per heavy atom. The van der Waals surface area contributed by atoms with Crippen LogP contribution in [0.5, 0.6) is 5.75 Å². The van der Waals surface area contributed by atoms with Crippen LogP contribution in [0.25, 0.3) is 0 Å². The molecular weight excluding hydrogens is 264 g/mol. The van der Waals surface area contributed by atoms with E-state index >= 15 is 0 Å². The van der Waals surface area contributed by atoms with Crippen LogP contribution in [-0.4, -0.2) is 31.0 Å². The zero-order valence-electron chi connectivity index (χ0n) is 13.3. The van der Waals surface area contributed by atoms with E-state index in [9.17, 15) is 4.79 Å². The van der Waals surface area contributed by atoms with E-state index in [-0.39, 0.29) is 11.3 Å². The Labute approximate surface area is 126 Å². The lowest BCUT2D eigenvalue weighted by Crippen LogP contribution is -2.36. The fourth-order valence-electron chi connectivity index (χ4n) is 2.57. The number of amides is 1. The first kappa shape index (κ1) is 15.4. The number of benzene rings is 1. The Morgan fingerprint density at radius 1 is 1.33 bits per heavy atom. The third-order valence-electron chi connectivity index (χ3n) is 3.95. The summed E-state index contributed by atoms with van der Waals surface area (Å²) in [5, 5.41) is 0. The SMILES string of the molecule is COc1ccc(C(=O)N2CC=C(C(C)(C)C)CC2)c(N)c1. The number of carbonyl (C=O) groups excluding carboxylic acids is 1. The maximum Gasteiger partial charge on any atom is 0.256 e. The van der Waals surface area contributed by atoms with Crippen molar-refractivity contribution in [1.82, 2.24) is 4.90 Å². The Balaban J connectivity index is 2.14. The summed E-state index contributed by atoms with van der Waals surface area (Å²) in [6.07, 6.45) is 3.09. The molecule has 114 valence electrons. The van der Waals surface area contributed by atoms with Gasteiger partial charge in [0.1, 0.15) is 5.75 Å². The molecule has 1 aliphatic rings. The second-order valence-electron chi connectivity index (χ2n) is 6.43. The van der Waals surface area contributed by atoms with E-state index in [0.29, 0.717) is 23.5 Å². The number of methoxy groups -OCH3 is 1. The molecule has 0 aliphatic carbocycles. The number of hydrogen-bond donors (Lipinski definition) is 1. The van der Waals surface area contributed by atoms with Crippen molar-refractivity contribution < 1.29 is 9.53 Å². The summed E-state index contributed by atoms with van der Waals surface area (Å²) in [6.45, 7) is 8.01. The Morgan fingerprint density at radius 2 is 2.05 bits per heavy atom. The van der Waals surface area contributed by atoms with Gasteiger partial charge >= 0.3 is 0 Å². The number of rotatable bonds is 2. The van der Waals surface area contributed by atoms with Crippen molar-refractivity contribution in [3.63, 3.8) is 0 Å². The Bertz CT molecular complexity index is 571. The van der Waals surface area contributed by atoms with Crippen LogP contribution in [0, 0.1) is 5.41 Å². The van der Waals surface area contributed by atoms with Crippen LogP contribution in [0.2, 0.25) is 0 Å². The van der Waals surface area contributed by atoms with Gasteiger partial charge in [-0.1, -0.05) is 32.4 Å². The monoisotopic (exact) mass is 288 g/mol. The summed E-state index contributed by atoms with van der Waals surface area (Å²) in [4.78, 5) is 14.4. The molecule has 0 spiro atoms. The topological polar surface area (TPSA) is 55.6 Å². The molecule has 0 aromatic heterocycles. The predicted octanol–water partition coefficient (Wildman–Crippen LogP) is 3.10. The van der Waals surface area contributed by atoms with E-state index in [0.717, 1.165) is 13.0 Å². The zero-order valence-corrected chi connectivity index (χ0v) is 13.3. The molecule has 4 heteroatoms. The van der Waals surface area contributed by atoms with Gasteiger partial charge in [0, 0.05) is 24.8 Å². The van der Waals surface area contributed by atoms with Crippen molar-refractivity contribution in [2.45, 2.75) is 27.2 Å². The molecule has 0 radical (unpaired) electrons. The molecule has 21 heavy (non-hydrogen) atoms. The minimum atomic E-state index is -0.0145. The fraction of sp³-hybridized carbons (Fsp3) is 0.471. The summed E-state index contributed by atoms with van der Waals surface area (Å²) in [5.74, 6) is 0.650. The normalized spacial score (nSPS) is 15.6. The van der Waals surface area contributed by atoms with Gasteiger partial charge in [-0.25, -0.2) is 0 Å². The third kappa shape index (κ3) is 3.38. The van der Waals surface area contributed by atoms with Crippen molar-refractivity contribution >= 4 is 11.6 Å². The van der Waals surface area contributed by atoms with Crippen molar-refractivity contribution in [3.8, 4) is 5.75 Å². The van der Waals surface area contributed by atoms with Gasteiger partial charge in [-0.05, 0) is 24.0 Å². The van der Waals surface area contributed by atoms with E-state index in [1.807, 2.05) is 4.90 Å². The number of nitrogens with two attached hydrogens (primary N) is 1. The molecule has 1 amide bonds. The molecule has 1 aromatic carbocycles. The van der Waals surface area contributed by atoms with Crippen molar-refractivity contribution in [2.75, 3.05) is 25.9 Å². The van der Waals surface area contributed by atoms with Gasteiger partial charge in [0.2, 0.25) is 0 Å². The summed E-state index contributed by atoms with van der Waals surface area (Å²) in [5.41, 5.74) is 8.55. The predicted molar refractivity (Wildman–Crippen MR) is 85.5 cm³/mol. The highest BCUT2D eigenvalue weighted by atomic mass is 16.5. The average Bonchev–Trinajstić information content (AvgIpc) is 2.45. The third-order valence-corrected chi connectivity index (χ3v) is 3.95. The van der Waals surface area contributed by atoms with Gasteiger partial charge < -0.3 is 15.4 Å².